The van der Waals surface area contributed by atoms with E-state index in [1.807, 2.05) is 0 Å². The Morgan fingerprint density at radius 3 is 2.48 bits per heavy atom. The number of aromatic amines is 1. The molecule has 0 atom stereocenters. The zero-order valence-corrected chi connectivity index (χ0v) is 12.9. The second kappa shape index (κ2) is 5.69. The van der Waals surface area contributed by atoms with Gasteiger partial charge in [0.1, 0.15) is 11.5 Å². The van der Waals surface area contributed by atoms with E-state index in [0.717, 1.165) is 16.7 Å². The lowest BCUT2D eigenvalue weighted by molar-refractivity contribution is -0.274. The van der Waals surface area contributed by atoms with Gasteiger partial charge in [0.2, 0.25) is 0 Å². The highest BCUT2D eigenvalue weighted by molar-refractivity contribution is 5.71. The highest BCUT2D eigenvalue weighted by Gasteiger charge is 2.31. The SMILES string of the molecule is Cn1c(Oc2cccc(OC(F)(F)F)c2)nc2c1c(=O)[nH]c(=O)n2C. The Bertz CT molecular complexity index is 1060. The lowest BCUT2D eigenvalue weighted by Crippen LogP contribution is -2.29. The Morgan fingerprint density at radius 1 is 1.12 bits per heavy atom. The number of aromatic nitrogens is 4. The summed E-state index contributed by atoms with van der Waals surface area (Å²) < 4.78 is 48.5. The summed E-state index contributed by atoms with van der Waals surface area (Å²) in [7, 11) is 2.88. The van der Waals surface area contributed by atoms with E-state index in [-0.39, 0.29) is 22.9 Å². The monoisotopic (exact) mass is 356 g/mol. The van der Waals surface area contributed by atoms with Crippen molar-refractivity contribution in [2.45, 2.75) is 6.36 Å². The number of nitrogens with one attached hydrogen (secondary N) is 1. The maximum absolute atomic E-state index is 12.3. The summed E-state index contributed by atoms with van der Waals surface area (Å²) in [5, 5.41) is 0. The van der Waals surface area contributed by atoms with Crippen molar-refractivity contribution in [3.8, 4) is 17.5 Å². The van der Waals surface area contributed by atoms with Gasteiger partial charge in [-0.15, -0.1) is 13.2 Å². The van der Waals surface area contributed by atoms with Gasteiger partial charge in [-0.1, -0.05) is 6.07 Å². The number of H-pyrrole nitrogens is 1. The molecule has 2 heterocycles. The molecule has 0 saturated heterocycles. The molecule has 1 aromatic carbocycles. The topological polar surface area (TPSA) is 91.1 Å². The molecule has 3 aromatic rings. The van der Waals surface area contributed by atoms with Gasteiger partial charge < -0.3 is 9.47 Å². The van der Waals surface area contributed by atoms with Gasteiger partial charge >= 0.3 is 18.1 Å². The van der Waals surface area contributed by atoms with Crippen molar-refractivity contribution < 1.29 is 22.6 Å². The summed E-state index contributed by atoms with van der Waals surface area (Å²) in [5.41, 5.74) is -1.14. The van der Waals surface area contributed by atoms with Crippen molar-refractivity contribution in [3.63, 3.8) is 0 Å². The van der Waals surface area contributed by atoms with Crippen molar-refractivity contribution >= 4 is 11.2 Å². The number of alkyl halides is 3. The van der Waals surface area contributed by atoms with Crippen LogP contribution in [0.1, 0.15) is 0 Å². The average Bonchev–Trinajstić information content (AvgIpc) is 2.81. The quantitative estimate of drug-likeness (QED) is 0.771. The molecule has 0 aliphatic carbocycles. The fraction of sp³-hybridized carbons (Fsp3) is 0.214. The fourth-order valence-corrected chi connectivity index (χ4v) is 2.22. The number of nitrogens with zero attached hydrogens (tertiary/aromatic N) is 3. The number of benzene rings is 1. The van der Waals surface area contributed by atoms with Crippen LogP contribution in [0, 0.1) is 0 Å². The maximum atomic E-state index is 12.3. The summed E-state index contributed by atoms with van der Waals surface area (Å²) >= 11 is 0. The minimum Gasteiger partial charge on any atom is -0.425 e. The molecule has 132 valence electrons. The van der Waals surface area contributed by atoms with Crippen LogP contribution in [-0.4, -0.2) is 25.5 Å². The average molecular weight is 356 g/mol. The van der Waals surface area contributed by atoms with Crippen molar-refractivity contribution in [1.29, 1.82) is 0 Å². The molecular weight excluding hydrogens is 345 g/mol. The van der Waals surface area contributed by atoms with Crippen LogP contribution < -0.4 is 20.7 Å². The van der Waals surface area contributed by atoms with Gasteiger partial charge in [-0.25, -0.2) is 4.79 Å². The minimum absolute atomic E-state index is 0.0154. The first-order chi connectivity index (χ1) is 11.7. The number of rotatable bonds is 3. The maximum Gasteiger partial charge on any atom is 0.573 e. The third-order valence-electron chi connectivity index (χ3n) is 3.34. The molecule has 0 unspecified atom stereocenters. The third kappa shape index (κ3) is 3.20. The zero-order valence-electron chi connectivity index (χ0n) is 12.9. The first-order valence-electron chi connectivity index (χ1n) is 6.85. The summed E-state index contributed by atoms with van der Waals surface area (Å²) in [6, 6.07) is 4.76. The normalized spacial score (nSPS) is 11.7. The van der Waals surface area contributed by atoms with E-state index >= 15 is 0 Å². The first kappa shape index (κ1) is 16.6. The Balaban J connectivity index is 2.02. The van der Waals surface area contributed by atoms with Gasteiger partial charge in [0, 0.05) is 20.2 Å². The molecular formula is C14H11F3N4O4. The summed E-state index contributed by atoms with van der Waals surface area (Å²) in [6.07, 6.45) is -4.83. The molecule has 8 nitrogen and oxygen atoms in total. The number of halogens is 3. The van der Waals surface area contributed by atoms with Gasteiger partial charge in [-0.05, 0) is 12.1 Å². The summed E-state index contributed by atoms with van der Waals surface area (Å²) in [5.74, 6) is -0.449. The number of fused-ring (bicyclic) bond motifs is 1. The van der Waals surface area contributed by atoms with E-state index in [1.54, 1.807) is 0 Å². The lowest BCUT2D eigenvalue weighted by atomic mass is 10.3. The Kier molecular flexibility index (Phi) is 3.78. The molecule has 2 aromatic heterocycles. The van der Waals surface area contributed by atoms with Crippen LogP contribution in [0.25, 0.3) is 11.2 Å². The number of ether oxygens (including phenoxy) is 2. The van der Waals surface area contributed by atoms with Crippen LogP contribution >= 0.6 is 0 Å². The van der Waals surface area contributed by atoms with E-state index < -0.39 is 23.4 Å². The van der Waals surface area contributed by atoms with Crippen molar-refractivity contribution in [2.75, 3.05) is 0 Å². The van der Waals surface area contributed by atoms with Gasteiger partial charge in [-0.2, -0.15) is 4.98 Å². The molecule has 3 rings (SSSR count). The predicted molar refractivity (Wildman–Crippen MR) is 79.8 cm³/mol. The molecule has 0 aliphatic heterocycles. The highest BCUT2D eigenvalue weighted by Crippen LogP contribution is 2.29. The number of imidazole rings is 1. The van der Waals surface area contributed by atoms with Crippen molar-refractivity contribution in [2.24, 2.45) is 14.1 Å². The van der Waals surface area contributed by atoms with E-state index in [4.69, 9.17) is 4.74 Å². The van der Waals surface area contributed by atoms with Crippen LogP contribution in [0.5, 0.6) is 17.5 Å². The molecule has 0 fully saturated rings. The molecule has 0 aliphatic rings. The molecule has 0 bridgehead atoms. The fourth-order valence-electron chi connectivity index (χ4n) is 2.22. The zero-order chi connectivity index (χ0) is 18.4. The van der Waals surface area contributed by atoms with Crippen molar-refractivity contribution in [1.82, 2.24) is 19.1 Å². The molecule has 0 amide bonds. The van der Waals surface area contributed by atoms with E-state index in [1.165, 1.54) is 30.8 Å². The van der Waals surface area contributed by atoms with Crippen LogP contribution in [0.2, 0.25) is 0 Å². The second-order valence-electron chi connectivity index (χ2n) is 5.07. The third-order valence-corrected chi connectivity index (χ3v) is 3.34. The number of hydrogen-bond donors (Lipinski definition) is 1. The second-order valence-corrected chi connectivity index (χ2v) is 5.07. The van der Waals surface area contributed by atoms with Gasteiger partial charge in [0.15, 0.2) is 11.2 Å². The lowest BCUT2D eigenvalue weighted by Gasteiger charge is -2.10. The molecule has 25 heavy (non-hydrogen) atoms. The Labute approximate surface area is 137 Å². The smallest absolute Gasteiger partial charge is 0.425 e. The largest absolute Gasteiger partial charge is 0.573 e. The Hall–Kier alpha value is -3.24. The predicted octanol–water partition coefficient (Wildman–Crippen LogP) is 1.65. The van der Waals surface area contributed by atoms with Crippen LogP contribution in [0.4, 0.5) is 13.2 Å². The Morgan fingerprint density at radius 2 is 1.80 bits per heavy atom. The molecule has 1 N–H and O–H groups in total. The van der Waals surface area contributed by atoms with Gasteiger partial charge in [-0.3, -0.25) is 18.9 Å². The molecule has 0 saturated carbocycles. The molecule has 0 spiro atoms. The van der Waals surface area contributed by atoms with E-state index in [9.17, 15) is 22.8 Å². The first-order valence-corrected chi connectivity index (χ1v) is 6.85. The summed E-state index contributed by atoms with van der Waals surface area (Å²) in [6.45, 7) is 0. The molecule has 11 heteroatoms. The minimum atomic E-state index is -4.83. The number of aryl methyl sites for hydroxylation is 2. The molecule has 0 radical (unpaired) electrons. The number of hydrogen-bond acceptors (Lipinski definition) is 5. The summed E-state index contributed by atoms with van der Waals surface area (Å²) in [4.78, 5) is 29.7. The van der Waals surface area contributed by atoms with Crippen LogP contribution in [-0.2, 0) is 14.1 Å². The van der Waals surface area contributed by atoms with Gasteiger partial charge in [0.25, 0.3) is 5.56 Å². The van der Waals surface area contributed by atoms with Crippen LogP contribution in [0.3, 0.4) is 0 Å². The van der Waals surface area contributed by atoms with Crippen molar-refractivity contribution in [3.05, 3.63) is 45.1 Å². The standard InChI is InChI=1S/C14H11F3N4O4/c1-20-9-10(21(2)12(23)19-11(9)22)18-13(20)24-7-4-3-5-8(6-7)25-14(15,16)17/h3-6H,1-2H3,(H,19,22,23). The van der Waals surface area contributed by atoms with Gasteiger partial charge in [0.05, 0.1) is 0 Å². The van der Waals surface area contributed by atoms with Crippen LogP contribution in [0.15, 0.2) is 33.9 Å². The van der Waals surface area contributed by atoms with E-state index in [2.05, 4.69) is 14.7 Å². The highest BCUT2D eigenvalue weighted by atomic mass is 19.4. The van der Waals surface area contributed by atoms with E-state index in [0.29, 0.717) is 0 Å².